The van der Waals surface area contributed by atoms with E-state index in [1.807, 2.05) is 6.07 Å². The molecule has 0 aliphatic carbocycles. The summed E-state index contributed by atoms with van der Waals surface area (Å²) in [5, 5.41) is 11.3. The van der Waals surface area contributed by atoms with Crippen molar-refractivity contribution in [3.8, 4) is 0 Å². The first-order valence-electron chi connectivity index (χ1n) is 4.86. The van der Waals surface area contributed by atoms with Crippen molar-refractivity contribution >= 4 is 12.1 Å². The predicted molar refractivity (Wildman–Crippen MR) is 61.4 cm³/mol. The van der Waals surface area contributed by atoms with Crippen molar-refractivity contribution in [2.24, 2.45) is 5.16 Å². The number of hydrogen-bond acceptors (Lipinski definition) is 4. The summed E-state index contributed by atoms with van der Waals surface area (Å²) in [5.74, 6) is -0.236. The maximum atomic E-state index is 11.6. The van der Waals surface area contributed by atoms with Gasteiger partial charge in [-0.3, -0.25) is 10.2 Å². The minimum atomic E-state index is -0.612. The van der Waals surface area contributed by atoms with Crippen LogP contribution in [-0.4, -0.2) is 22.9 Å². The molecular weight excluding hydrogens is 206 g/mol. The average molecular weight is 221 g/mol. The molecule has 0 saturated heterocycles. The fraction of sp³-hybridized carbons (Fsp3) is 0.273. The lowest BCUT2D eigenvalue weighted by Gasteiger charge is -2.20. The van der Waals surface area contributed by atoms with E-state index in [0.717, 1.165) is 0 Å². The van der Waals surface area contributed by atoms with Crippen LogP contribution in [0.5, 0.6) is 0 Å². The van der Waals surface area contributed by atoms with Crippen LogP contribution in [0.2, 0.25) is 0 Å². The third-order valence-corrected chi connectivity index (χ3v) is 1.91. The largest absolute Gasteiger partial charge is 0.411 e. The highest BCUT2D eigenvalue weighted by Crippen LogP contribution is 1.99. The van der Waals surface area contributed by atoms with Crippen molar-refractivity contribution in [3.63, 3.8) is 0 Å². The van der Waals surface area contributed by atoms with E-state index in [9.17, 15) is 4.79 Å². The Morgan fingerprint density at radius 2 is 2.00 bits per heavy atom. The van der Waals surface area contributed by atoms with Gasteiger partial charge in [-0.2, -0.15) is 0 Å². The van der Waals surface area contributed by atoms with Gasteiger partial charge in [0.05, 0.1) is 11.8 Å². The number of benzene rings is 1. The Morgan fingerprint density at radius 1 is 1.38 bits per heavy atom. The number of nitrogens with one attached hydrogen (secondary N) is 2. The normalized spacial score (nSPS) is 11.6. The van der Waals surface area contributed by atoms with Gasteiger partial charge in [0, 0.05) is 5.56 Å². The van der Waals surface area contributed by atoms with Gasteiger partial charge >= 0.3 is 0 Å². The first kappa shape index (κ1) is 12.2. The highest BCUT2D eigenvalue weighted by molar-refractivity contribution is 5.93. The Kier molecular flexibility index (Phi) is 4.02. The van der Waals surface area contributed by atoms with E-state index in [1.54, 1.807) is 38.1 Å². The zero-order valence-electron chi connectivity index (χ0n) is 9.27. The van der Waals surface area contributed by atoms with E-state index in [4.69, 9.17) is 5.21 Å². The van der Waals surface area contributed by atoms with Crippen molar-refractivity contribution in [1.29, 1.82) is 0 Å². The van der Waals surface area contributed by atoms with Crippen LogP contribution in [0, 0.1) is 0 Å². The van der Waals surface area contributed by atoms with Crippen LogP contribution in [0.15, 0.2) is 35.5 Å². The molecule has 0 spiro atoms. The van der Waals surface area contributed by atoms with Gasteiger partial charge in [0.2, 0.25) is 0 Å². The minimum absolute atomic E-state index is 0.236. The lowest BCUT2D eigenvalue weighted by Crippen LogP contribution is -2.51. The molecule has 0 aliphatic heterocycles. The van der Waals surface area contributed by atoms with Crippen molar-refractivity contribution in [3.05, 3.63) is 35.9 Å². The third kappa shape index (κ3) is 3.70. The molecule has 0 heterocycles. The van der Waals surface area contributed by atoms with Crippen LogP contribution in [0.3, 0.4) is 0 Å². The molecule has 5 nitrogen and oxygen atoms in total. The second-order valence-corrected chi connectivity index (χ2v) is 3.91. The summed E-state index contributed by atoms with van der Waals surface area (Å²) in [4.78, 5) is 11.6. The highest BCUT2D eigenvalue weighted by atomic mass is 16.4. The molecule has 0 aliphatic rings. The fourth-order valence-corrected chi connectivity index (χ4v) is 1.06. The van der Waals surface area contributed by atoms with Crippen molar-refractivity contribution in [1.82, 2.24) is 10.9 Å². The molecule has 3 N–H and O–H groups in total. The SMILES string of the molecule is CC(C)(/C=N/O)NNC(=O)c1ccccc1. The summed E-state index contributed by atoms with van der Waals surface area (Å²) >= 11 is 0. The van der Waals surface area contributed by atoms with Crippen LogP contribution in [0.25, 0.3) is 0 Å². The molecular formula is C11H15N3O2. The highest BCUT2D eigenvalue weighted by Gasteiger charge is 2.15. The smallest absolute Gasteiger partial charge is 0.265 e. The van der Waals surface area contributed by atoms with Crippen LogP contribution in [-0.2, 0) is 0 Å². The second kappa shape index (κ2) is 5.27. The molecule has 1 aromatic rings. The van der Waals surface area contributed by atoms with E-state index in [2.05, 4.69) is 16.0 Å². The van der Waals surface area contributed by atoms with Gasteiger partial charge in [0.25, 0.3) is 5.91 Å². The molecule has 1 amide bonds. The summed E-state index contributed by atoms with van der Waals surface area (Å²) in [6.45, 7) is 3.52. The Balaban J connectivity index is 2.54. The number of hydrogen-bond donors (Lipinski definition) is 3. The van der Waals surface area contributed by atoms with Gasteiger partial charge in [0.1, 0.15) is 0 Å². The number of hydrazine groups is 1. The molecule has 16 heavy (non-hydrogen) atoms. The Hall–Kier alpha value is -1.88. The van der Waals surface area contributed by atoms with E-state index < -0.39 is 5.54 Å². The lowest BCUT2D eigenvalue weighted by molar-refractivity contribution is 0.0922. The van der Waals surface area contributed by atoms with Gasteiger partial charge in [0.15, 0.2) is 0 Å². The average Bonchev–Trinajstić information content (AvgIpc) is 2.27. The molecule has 0 atom stereocenters. The van der Waals surface area contributed by atoms with Gasteiger partial charge in [-0.15, -0.1) is 5.16 Å². The zero-order chi connectivity index (χ0) is 12.0. The molecule has 0 radical (unpaired) electrons. The zero-order valence-corrected chi connectivity index (χ0v) is 9.27. The maximum absolute atomic E-state index is 11.6. The number of carbonyl (C=O) groups is 1. The van der Waals surface area contributed by atoms with Crippen molar-refractivity contribution < 1.29 is 10.0 Å². The van der Waals surface area contributed by atoms with Gasteiger partial charge in [-0.1, -0.05) is 18.2 Å². The van der Waals surface area contributed by atoms with Gasteiger partial charge in [-0.25, -0.2) is 5.43 Å². The first-order valence-corrected chi connectivity index (χ1v) is 4.86. The van der Waals surface area contributed by atoms with E-state index in [1.165, 1.54) is 6.21 Å². The van der Waals surface area contributed by atoms with Crippen LogP contribution in [0.4, 0.5) is 0 Å². The molecule has 0 unspecified atom stereocenters. The molecule has 1 rings (SSSR count). The van der Waals surface area contributed by atoms with Gasteiger partial charge in [-0.05, 0) is 26.0 Å². The summed E-state index contributed by atoms with van der Waals surface area (Å²) in [6.07, 6.45) is 1.29. The molecule has 86 valence electrons. The quantitative estimate of drug-likeness (QED) is 0.406. The number of amides is 1. The van der Waals surface area contributed by atoms with E-state index in [-0.39, 0.29) is 5.91 Å². The van der Waals surface area contributed by atoms with E-state index >= 15 is 0 Å². The molecule has 0 aromatic heterocycles. The van der Waals surface area contributed by atoms with Crippen molar-refractivity contribution in [2.45, 2.75) is 19.4 Å². The van der Waals surface area contributed by atoms with Gasteiger partial charge < -0.3 is 5.21 Å². The summed E-state index contributed by atoms with van der Waals surface area (Å²) in [6, 6.07) is 8.84. The van der Waals surface area contributed by atoms with E-state index in [0.29, 0.717) is 5.56 Å². The Bertz CT molecular complexity index is 374. The topological polar surface area (TPSA) is 73.7 Å². The molecule has 0 saturated carbocycles. The molecule has 5 heteroatoms. The van der Waals surface area contributed by atoms with Crippen molar-refractivity contribution in [2.75, 3.05) is 0 Å². The first-order chi connectivity index (χ1) is 7.55. The number of rotatable bonds is 4. The van der Waals surface area contributed by atoms with Crippen LogP contribution >= 0.6 is 0 Å². The maximum Gasteiger partial charge on any atom is 0.265 e. The van der Waals surface area contributed by atoms with Crippen LogP contribution in [0.1, 0.15) is 24.2 Å². The minimum Gasteiger partial charge on any atom is -0.411 e. The monoisotopic (exact) mass is 221 g/mol. The lowest BCUT2D eigenvalue weighted by atomic mass is 10.1. The fourth-order valence-electron chi connectivity index (χ4n) is 1.06. The van der Waals surface area contributed by atoms with Crippen LogP contribution < -0.4 is 10.9 Å². The summed E-state index contributed by atoms with van der Waals surface area (Å²) in [7, 11) is 0. The number of nitrogens with zero attached hydrogens (tertiary/aromatic N) is 1. The standard InChI is InChI=1S/C11H15N3O2/c1-11(2,8-12-16)14-13-10(15)9-6-4-3-5-7-9/h3-8,14,16H,1-2H3,(H,13,15)/b12-8+. The Morgan fingerprint density at radius 3 is 2.56 bits per heavy atom. The molecule has 0 bridgehead atoms. The number of oxime groups is 1. The number of carbonyl (C=O) groups excluding carboxylic acids is 1. The molecule has 1 aromatic carbocycles. The third-order valence-electron chi connectivity index (χ3n) is 1.91. The second-order valence-electron chi connectivity index (χ2n) is 3.91. The summed E-state index contributed by atoms with van der Waals surface area (Å²) in [5.41, 5.74) is 5.23. The predicted octanol–water partition coefficient (Wildman–Crippen LogP) is 1.16. The Labute approximate surface area is 94.1 Å². The summed E-state index contributed by atoms with van der Waals surface area (Å²) < 4.78 is 0. The molecule has 0 fully saturated rings.